The summed E-state index contributed by atoms with van der Waals surface area (Å²) in [5, 5.41) is 3.13. The Kier molecular flexibility index (Phi) is 6.48. The number of ketones is 2. The number of amides is 1. The van der Waals surface area contributed by atoms with E-state index in [2.05, 4.69) is 10.0 Å². The fraction of sp³-hybridized carbons (Fsp3) is 0.0690. The SMILES string of the molecule is [N-]=[N+]=NC(=O)c1cc(OCc2ccccc2)c2c(c1)C(=O)c1cccc(OCc3ccccc3)c1C2=O. The number of azide groups is 1. The highest BCUT2D eigenvalue weighted by atomic mass is 16.5. The molecule has 0 fully saturated rings. The maximum Gasteiger partial charge on any atom is 0.249 e. The molecule has 0 aromatic heterocycles. The molecule has 1 amide bonds. The average molecular weight is 489 g/mol. The van der Waals surface area contributed by atoms with Gasteiger partial charge in [0.25, 0.3) is 0 Å². The molecular formula is C29H19N3O5. The Labute approximate surface area is 211 Å². The van der Waals surface area contributed by atoms with Crippen LogP contribution in [0.2, 0.25) is 0 Å². The van der Waals surface area contributed by atoms with Gasteiger partial charge in [-0.25, -0.2) is 0 Å². The number of rotatable bonds is 7. The van der Waals surface area contributed by atoms with Gasteiger partial charge in [-0.15, -0.1) is 0 Å². The van der Waals surface area contributed by atoms with Crippen molar-refractivity contribution in [2.45, 2.75) is 13.2 Å². The second-order valence-electron chi connectivity index (χ2n) is 8.28. The van der Waals surface area contributed by atoms with Crippen LogP contribution in [0.25, 0.3) is 10.4 Å². The van der Waals surface area contributed by atoms with Crippen molar-refractivity contribution in [2.24, 2.45) is 5.11 Å². The van der Waals surface area contributed by atoms with Gasteiger partial charge in [-0.3, -0.25) is 14.4 Å². The first-order valence-electron chi connectivity index (χ1n) is 11.4. The maximum atomic E-state index is 13.8. The van der Waals surface area contributed by atoms with Crippen LogP contribution < -0.4 is 9.47 Å². The first kappa shape index (κ1) is 23.5. The van der Waals surface area contributed by atoms with Crippen molar-refractivity contribution < 1.29 is 23.9 Å². The molecule has 0 heterocycles. The van der Waals surface area contributed by atoms with E-state index in [0.29, 0.717) is 0 Å². The Morgan fingerprint density at radius 2 is 1.30 bits per heavy atom. The van der Waals surface area contributed by atoms with Crippen molar-refractivity contribution >= 4 is 17.5 Å². The number of nitrogens with zero attached hydrogens (tertiary/aromatic N) is 3. The predicted octanol–water partition coefficient (Wildman–Crippen LogP) is 6.07. The third kappa shape index (κ3) is 4.69. The van der Waals surface area contributed by atoms with Crippen LogP contribution in [0.1, 0.15) is 53.3 Å². The van der Waals surface area contributed by atoms with E-state index >= 15 is 0 Å². The van der Waals surface area contributed by atoms with Gasteiger partial charge in [0.2, 0.25) is 11.7 Å². The number of ether oxygens (including phenoxy) is 2. The molecule has 4 aromatic rings. The summed E-state index contributed by atoms with van der Waals surface area (Å²) in [6.45, 7) is 0.301. The van der Waals surface area contributed by atoms with Gasteiger partial charge >= 0.3 is 0 Å². The predicted molar refractivity (Wildman–Crippen MR) is 135 cm³/mol. The second-order valence-corrected chi connectivity index (χ2v) is 8.28. The van der Waals surface area contributed by atoms with E-state index in [0.717, 1.165) is 11.1 Å². The molecule has 37 heavy (non-hydrogen) atoms. The summed E-state index contributed by atoms with van der Waals surface area (Å²) in [7, 11) is 0. The molecule has 0 aliphatic heterocycles. The van der Waals surface area contributed by atoms with E-state index in [-0.39, 0.29) is 52.5 Å². The van der Waals surface area contributed by atoms with E-state index in [1.807, 2.05) is 60.7 Å². The molecule has 0 unspecified atom stereocenters. The van der Waals surface area contributed by atoms with E-state index in [9.17, 15) is 14.4 Å². The van der Waals surface area contributed by atoms with Gasteiger partial charge in [-0.1, -0.05) is 72.8 Å². The third-order valence-electron chi connectivity index (χ3n) is 5.93. The summed E-state index contributed by atoms with van der Waals surface area (Å²) in [6, 6.07) is 26.1. The number of carbonyl (C=O) groups excluding carboxylic acids is 3. The molecule has 8 heteroatoms. The van der Waals surface area contributed by atoms with Crippen LogP contribution in [0.15, 0.2) is 96.1 Å². The van der Waals surface area contributed by atoms with Crippen LogP contribution in [0, 0.1) is 0 Å². The Morgan fingerprint density at radius 3 is 1.92 bits per heavy atom. The molecule has 1 aliphatic carbocycles. The first-order valence-corrected chi connectivity index (χ1v) is 11.4. The molecule has 1 aliphatic rings. The van der Waals surface area contributed by atoms with Gasteiger partial charge in [-0.2, -0.15) is 0 Å². The summed E-state index contributed by atoms with van der Waals surface area (Å²) >= 11 is 0. The quantitative estimate of drug-likeness (QED) is 0.156. The van der Waals surface area contributed by atoms with E-state index in [1.54, 1.807) is 18.2 Å². The minimum absolute atomic E-state index is 0.000221. The van der Waals surface area contributed by atoms with Crippen LogP contribution in [0.3, 0.4) is 0 Å². The normalized spacial score (nSPS) is 11.7. The summed E-state index contributed by atoms with van der Waals surface area (Å²) in [5.41, 5.74) is 10.7. The largest absolute Gasteiger partial charge is 0.488 e. The highest BCUT2D eigenvalue weighted by molar-refractivity contribution is 6.30. The van der Waals surface area contributed by atoms with Gasteiger partial charge in [0.1, 0.15) is 24.7 Å². The van der Waals surface area contributed by atoms with Crippen molar-refractivity contribution in [3.05, 3.63) is 140 Å². The number of fused-ring (bicyclic) bond motifs is 2. The molecule has 0 N–H and O–H groups in total. The smallest absolute Gasteiger partial charge is 0.249 e. The van der Waals surface area contributed by atoms with Gasteiger partial charge in [0.15, 0.2) is 5.78 Å². The first-order chi connectivity index (χ1) is 18.1. The lowest BCUT2D eigenvalue weighted by molar-refractivity contribution is 0.0968. The second kappa shape index (κ2) is 10.2. The summed E-state index contributed by atoms with van der Waals surface area (Å²) in [6.07, 6.45) is 0. The summed E-state index contributed by atoms with van der Waals surface area (Å²) in [4.78, 5) is 42.3. The molecule has 4 aromatic carbocycles. The summed E-state index contributed by atoms with van der Waals surface area (Å²) < 4.78 is 11.9. The lowest BCUT2D eigenvalue weighted by Gasteiger charge is -2.23. The fourth-order valence-corrected chi connectivity index (χ4v) is 4.18. The topological polar surface area (TPSA) is 118 Å². The lowest BCUT2D eigenvalue weighted by Crippen LogP contribution is -2.23. The molecule has 8 nitrogen and oxygen atoms in total. The highest BCUT2D eigenvalue weighted by Crippen LogP contribution is 2.38. The zero-order valence-corrected chi connectivity index (χ0v) is 19.5. The van der Waals surface area contributed by atoms with Gasteiger partial charge in [0, 0.05) is 21.6 Å². The molecule has 5 rings (SSSR count). The Hall–Kier alpha value is -5.20. The Balaban J connectivity index is 1.58. The fourth-order valence-electron chi connectivity index (χ4n) is 4.18. The van der Waals surface area contributed by atoms with Crippen molar-refractivity contribution in [3.63, 3.8) is 0 Å². The van der Waals surface area contributed by atoms with Gasteiger partial charge < -0.3 is 9.47 Å². The summed E-state index contributed by atoms with van der Waals surface area (Å²) in [5.74, 6) is -1.50. The molecule has 0 saturated carbocycles. The lowest BCUT2D eigenvalue weighted by atomic mass is 9.82. The third-order valence-corrected chi connectivity index (χ3v) is 5.93. The van der Waals surface area contributed by atoms with Crippen molar-refractivity contribution in [1.29, 1.82) is 0 Å². The standard InChI is InChI=1S/C29H19N3O5/c30-32-31-29(35)20-14-22-26(24(15-20)37-17-19-10-5-2-6-11-19)28(34)25-21(27(22)33)12-7-13-23(25)36-16-18-8-3-1-4-9-18/h1-15H,16-17H2. The Bertz CT molecular complexity index is 1580. The monoisotopic (exact) mass is 489 g/mol. The number of hydrogen-bond acceptors (Lipinski definition) is 5. The minimum atomic E-state index is -0.888. The molecule has 0 radical (unpaired) electrons. The van der Waals surface area contributed by atoms with Crippen molar-refractivity contribution in [3.8, 4) is 11.5 Å². The van der Waals surface area contributed by atoms with Gasteiger partial charge in [0.05, 0.1) is 11.1 Å². The molecule has 0 atom stereocenters. The number of carbonyl (C=O) groups is 3. The Morgan fingerprint density at radius 1 is 0.703 bits per heavy atom. The average Bonchev–Trinajstić information content (AvgIpc) is 2.94. The van der Waals surface area contributed by atoms with Gasteiger partial charge in [-0.05, 0) is 40.0 Å². The van der Waals surface area contributed by atoms with E-state index in [4.69, 9.17) is 15.0 Å². The van der Waals surface area contributed by atoms with Crippen LogP contribution in [-0.4, -0.2) is 17.5 Å². The number of hydrogen-bond donors (Lipinski definition) is 0. The zero-order valence-electron chi connectivity index (χ0n) is 19.5. The molecule has 0 spiro atoms. The highest BCUT2D eigenvalue weighted by Gasteiger charge is 2.36. The van der Waals surface area contributed by atoms with E-state index in [1.165, 1.54) is 12.1 Å². The molecular weight excluding hydrogens is 470 g/mol. The number of benzene rings is 4. The van der Waals surface area contributed by atoms with Crippen molar-refractivity contribution in [2.75, 3.05) is 0 Å². The van der Waals surface area contributed by atoms with Crippen molar-refractivity contribution in [1.82, 2.24) is 0 Å². The molecule has 0 bridgehead atoms. The van der Waals surface area contributed by atoms with Crippen LogP contribution >= 0.6 is 0 Å². The minimum Gasteiger partial charge on any atom is -0.488 e. The van der Waals surface area contributed by atoms with Crippen LogP contribution in [0.4, 0.5) is 0 Å². The zero-order chi connectivity index (χ0) is 25.8. The molecule has 0 saturated heterocycles. The van der Waals surface area contributed by atoms with Crippen LogP contribution in [-0.2, 0) is 13.2 Å². The maximum absolute atomic E-state index is 13.8. The molecule has 180 valence electrons. The van der Waals surface area contributed by atoms with E-state index < -0.39 is 17.5 Å². The van der Waals surface area contributed by atoms with Crippen LogP contribution in [0.5, 0.6) is 11.5 Å².